The fourth-order valence-electron chi connectivity index (χ4n) is 3.46. The van der Waals surface area contributed by atoms with E-state index in [1.807, 2.05) is 0 Å². The summed E-state index contributed by atoms with van der Waals surface area (Å²) in [7, 11) is 0. The van der Waals surface area contributed by atoms with E-state index in [-0.39, 0.29) is 5.54 Å². The summed E-state index contributed by atoms with van der Waals surface area (Å²) >= 11 is 0. The van der Waals surface area contributed by atoms with Crippen molar-refractivity contribution in [3.05, 3.63) is 0 Å². The predicted molar refractivity (Wildman–Crippen MR) is 61.9 cm³/mol. The van der Waals surface area contributed by atoms with E-state index in [0.29, 0.717) is 11.8 Å². The first kappa shape index (κ1) is 11.1. The summed E-state index contributed by atoms with van der Waals surface area (Å²) < 4.78 is 0. The van der Waals surface area contributed by atoms with Crippen LogP contribution in [0.1, 0.15) is 58.8 Å². The smallest absolute Gasteiger partial charge is 0.154 e. The second-order valence-corrected chi connectivity index (χ2v) is 5.41. The minimum absolute atomic E-state index is 0.0509. The maximum absolute atomic E-state index is 12.2. The summed E-state index contributed by atoms with van der Waals surface area (Å²) in [6.45, 7) is 5.45. The minimum Gasteiger partial charge on any atom is -0.298 e. The van der Waals surface area contributed by atoms with Gasteiger partial charge in [-0.05, 0) is 26.7 Å². The molecule has 1 aliphatic carbocycles. The fourth-order valence-corrected chi connectivity index (χ4v) is 3.46. The molecular weight excluding hydrogens is 186 g/mol. The second-order valence-electron chi connectivity index (χ2n) is 5.41. The van der Waals surface area contributed by atoms with E-state index >= 15 is 0 Å². The van der Waals surface area contributed by atoms with Gasteiger partial charge in [-0.25, -0.2) is 0 Å². The van der Waals surface area contributed by atoms with E-state index in [1.165, 1.54) is 25.7 Å². The van der Waals surface area contributed by atoms with Crippen LogP contribution in [-0.4, -0.2) is 28.8 Å². The molecular formula is C13H23NO. The van der Waals surface area contributed by atoms with Crippen molar-refractivity contribution in [2.75, 3.05) is 6.54 Å². The third kappa shape index (κ3) is 1.84. The second kappa shape index (κ2) is 4.25. The van der Waals surface area contributed by atoms with Crippen molar-refractivity contribution in [3.8, 4) is 0 Å². The summed E-state index contributed by atoms with van der Waals surface area (Å²) in [6.07, 6.45) is 8.15. The van der Waals surface area contributed by atoms with Gasteiger partial charge in [0.15, 0.2) is 5.78 Å². The molecule has 0 bridgehead atoms. The molecule has 1 spiro atoms. The van der Waals surface area contributed by atoms with Crippen molar-refractivity contribution in [3.63, 3.8) is 0 Å². The average molecular weight is 209 g/mol. The number of Topliss-reactive ketones (excluding diaryl/α,β-unsaturated/α-hetero) is 1. The number of nitrogens with zero attached hydrogens (tertiary/aromatic N) is 1. The average Bonchev–Trinajstić information content (AvgIpc) is 2.39. The van der Waals surface area contributed by atoms with Crippen LogP contribution in [0.3, 0.4) is 0 Å². The Bertz CT molecular complexity index is 239. The molecule has 0 aromatic rings. The van der Waals surface area contributed by atoms with Gasteiger partial charge in [0.1, 0.15) is 0 Å². The van der Waals surface area contributed by atoms with Gasteiger partial charge in [0.2, 0.25) is 0 Å². The number of hydrogen-bond acceptors (Lipinski definition) is 2. The van der Waals surface area contributed by atoms with Crippen LogP contribution in [-0.2, 0) is 4.79 Å². The van der Waals surface area contributed by atoms with Crippen LogP contribution >= 0.6 is 0 Å². The molecule has 0 unspecified atom stereocenters. The topological polar surface area (TPSA) is 20.3 Å². The predicted octanol–water partition coefficient (Wildman–Crippen LogP) is 2.76. The van der Waals surface area contributed by atoms with Gasteiger partial charge >= 0.3 is 0 Å². The highest BCUT2D eigenvalue weighted by atomic mass is 16.1. The van der Waals surface area contributed by atoms with E-state index in [9.17, 15) is 4.79 Å². The summed E-state index contributed by atoms with van der Waals surface area (Å²) in [5, 5.41) is 0. The largest absolute Gasteiger partial charge is 0.298 e. The standard InChI is InChI=1S/C13H23NO/c1-11(2)14-10-7-12(15)13(14)8-5-3-4-6-9-13/h11H,3-10H2,1-2H3. The zero-order valence-corrected chi connectivity index (χ0v) is 10.1. The molecule has 2 nitrogen and oxygen atoms in total. The summed E-state index contributed by atoms with van der Waals surface area (Å²) in [5.74, 6) is 0.526. The van der Waals surface area contributed by atoms with Crippen LogP contribution in [0.25, 0.3) is 0 Å². The van der Waals surface area contributed by atoms with Gasteiger partial charge in [-0.15, -0.1) is 0 Å². The molecule has 0 aromatic carbocycles. The summed E-state index contributed by atoms with van der Waals surface area (Å²) in [4.78, 5) is 14.6. The highest BCUT2D eigenvalue weighted by molar-refractivity contribution is 5.90. The number of rotatable bonds is 1. The molecule has 1 heterocycles. The van der Waals surface area contributed by atoms with E-state index < -0.39 is 0 Å². The molecule has 2 fully saturated rings. The van der Waals surface area contributed by atoms with E-state index in [1.54, 1.807) is 0 Å². The number of likely N-dealkylation sites (tertiary alicyclic amines) is 1. The Morgan fingerprint density at radius 2 is 1.73 bits per heavy atom. The lowest BCUT2D eigenvalue weighted by Gasteiger charge is -2.39. The Morgan fingerprint density at radius 3 is 2.27 bits per heavy atom. The quantitative estimate of drug-likeness (QED) is 0.662. The first-order valence-electron chi connectivity index (χ1n) is 6.47. The third-order valence-electron chi connectivity index (χ3n) is 4.20. The van der Waals surface area contributed by atoms with Gasteiger partial charge in [0, 0.05) is 19.0 Å². The zero-order chi connectivity index (χ0) is 10.9. The first-order valence-corrected chi connectivity index (χ1v) is 6.47. The van der Waals surface area contributed by atoms with E-state index in [2.05, 4.69) is 18.7 Å². The molecule has 1 aliphatic heterocycles. The Morgan fingerprint density at radius 1 is 1.13 bits per heavy atom. The van der Waals surface area contributed by atoms with Crippen LogP contribution in [0.4, 0.5) is 0 Å². The van der Waals surface area contributed by atoms with Crippen LogP contribution in [0.15, 0.2) is 0 Å². The van der Waals surface area contributed by atoms with Gasteiger partial charge in [-0.1, -0.05) is 25.7 Å². The Hall–Kier alpha value is -0.370. The molecule has 15 heavy (non-hydrogen) atoms. The van der Waals surface area contributed by atoms with Crippen molar-refractivity contribution in [1.82, 2.24) is 4.90 Å². The monoisotopic (exact) mass is 209 g/mol. The van der Waals surface area contributed by atoms with Crippen LogP contribution in [0, 0.1) is 0 Å². The molecule has 86 valence electrons. The van der Waals surface area contributed by atoms with Crippen LogP contribution < -0.4 is 0 Å². The number of carbonyl (C=O) groups excluding carboxylic acids is 1. The zero-order valence-electron chi connectivity index (χ0n) is 10.1. The molecule has 0 aromatic heterocycles. The lowest BCUT2D eigenvalue weighted by molar-refractivity contribution is -0.126. The number of carbonyl (C=O) groups is 1. The Balaban J connectivity index is 2.23. The normalized spacial score (nSPS) is 27.5. The van der Waals surface area contributed by atoms with Crippen LogP contribution in [0.2, 0.25) is 0 Å². The SMILES string of the molecule is CC(C)N1CCC(=O)C12CCCCCC2. The maximum Gasteiger partial charge on any atom is 0.154 e. The van der Waals surface area contributed by atoms with Crippen molar-refractivity contribution >= 4 is 5.78 Å². The van der Waals surface area contributed by atoms with Crippen molar-refractivity contribution in [2.24, 2.45) is 0 Å². The Labute approximate surface area is 93.0 Å². The molecule has 0 amide bonds. The first-order chi connectivity index (χ1) is 7.17. The molecule has 2 aliphatic rings. The van der Waals surface area contributed by atoms with Crippen molar-refractivity contribution in [1.29, 1.82) is 0 Å². The van der Waals surface area contributed by atoms with Crippen molar-refractivity contribution < 1.29 is 4.79 Å². The highest BCUT2D eigenvalue weighted by Gasteiger charge is 2.48. The summed E-state index contributed by atoms with van der Waals surface area (Å²) in [6, 6.07) is 0.523. The lowest BCUT2D eigenvalue weighted by Crippen LogP contribution is -2.51. The molecule has 0 N–H and O–H groups in total. The van der Waals surface area contributed by atoms with Gasteiger partial charge in [0.25, 0.3) is 0 Å². The molecule has 0 atom stereocenters. The minimum atomic E-state index is -0.0509. The molecule has 2 heteroatoms. The molecule has 1 saturated carbocycles. The number of hydrogen-bond donors (Lipinski definition) is 0. The number of ketones is 1. The van der Waals surface area contributed by atoms with E-state index in [0.717, 1.165) is 25.8 Å². The van der Waals surface area contributed by atoms with Gasteiger partial charge in [-0.2, -0.15) is 0 Å². The molecule has 0 radical (unpaired) electrons. The highest BCUT2D eigenvalue weighted by Crippen LogP contribution is 2.39. The lowest BCUT2D eigenvalue weighted by atomic mass is 9.85. The Kier molecular flexibility index (Phi) is 3.15. The summed E-state index contributed by atoms with van der Waals surface area (Å²) in [5.41, 5.74) is -0.0509. The third-order valence-corrected chi connectivity index (χ3v) is 4.20. The van der Waals surface area contributed by atoms with Gasteiger partial charge in [-0.3, -0.25) is 9.69 Å². The van der Waals surface area contributed by atoms with Gasteiger partial charge in [0.05, 0.1) is 5.54 Å². The van der Waals surface area contributed by atoms with Gasteiger partial charge < -0.3 is 0 Å². The van der Waals surface area contributed by atoms with Crippen LogP contribution in [0.5, 0.6) is 0 Å². The molecule has 1 saturated heterocycles. The van der Waals surface area contributed by atoms with E-state index in [4.69, 9.17) is 0 Å². The maximum atomic E-state index is 12.2. The molecule has 2 rings (SSSR count). The van der Waals surface area contributed by atoms with Crippen molar-refractivity contribution in [2.45, 2.75) is 70.4 Å². The fraction of sp³-hybridized carbons (Fsp3) is 0.923.